The third-order valence-electron chi connectivity index (χ3n) is 2.80. The van der Waals surface area contributed by atoms with E-state index in [9.17, 15) is 8.42 Å². The summed E-state index contributed by atoms with van der Waals surface area (Å²) in [5.41, 5.74) is 1.55. The molecule has 102 valence electrons. The monoisotopic (exact) mass is 299 g/mol. The molecule has 19 heavy (non-hydrogen) atoms. The molecule has 0 fully saturated rings. The summed E-state index contributed by atoms with van der Waals surface area (Å²) in [7, 11) is -0.628. The average Bonchev–Trinajstić information content (AvgIpc) is 2.69. The summed E-state index contributed by atoms with van der Waals surface area (Å²) in [5, 5.41) is -0.0415. The number of sulfonamides is 1. The van der Waals surface area contributed by atoms with Gasteiger partial charge in [0.1, 0.15) is 5.15 Å². The lowest BCUT2D eigenvalue weighted by molar-refractivity contribution is 0.591. The Morgan fingerprint density at radius 1 is 1.37 bits per heavy atom. The van der Waals surface area contributed by atoms with E-state index in [1.165, 1.54) is 22.2 Å². The van der Waals surface area contributed by atoms with Crippen molar-refractivity contribution < 1.29 is 8.42 Å². The predicted octanol–water partition coefficient (Wildman–Crippen LogP) is 2.21. The number of imidazole rings is 1. The Bertz CT molecular complexity index is 710. The van der Waals surface area contributed by atoms with Gasteiger partial charge in [0.2, 0.25) is 5.03 Å². The van der Waals surface area contributed by atoms with Crippen LogP contribution in [0.1, 0.15) is 5.56 Å². The first-order valence-electron chi connectivity index (χ1n) is 5.56. The molecule has 5 nitrogen and oxygen atoms in total. The Hall–Kier alpha value is -1.53. The fourth-order valence-corrected chi connectivity index (χ4v) is 3.23. The van der Waals surface area contributed by atoms with Crippen molar-refractivity contribution in [3.63, 3.8) is 0 Å². The van der Waals surface area contributed by atoms with Gasteiger partial charge in [-0.3, -0.25) is 4.31 Å². The van der Waals surface area contributed by atoms with E-state index in [2.05, 4.69) is 4.98 Å². The molecule has 1 aromatic heterocycles. The van der Waals surface area contributed by atoms with Crippen molar-refractivity contribution in [2.75, 3.05) is 11.4 Å². The number of anilines is 1. The predicted molar refractivity (Wildman–Crippen MR) is 75.0 cm³/mol. The number of aryl methyl sites for hydroxylation is 2. The summed E-state index contributed by atoms with van der Waals surface area (Å²) >= 11 is 5.95. The molecule has 0 radical (unpaired) electrons. The van der Waals surface area contributed by atoms with Crippen LogP contribution in [0.5, 0.6) is 0 Å². The molecule has 0 N–H and O–H groups in total. The van der Waals surface area contributed by atoms with Crippen molar-refractivity contribution >= 4 is 27.3 Å². The summed E-state index contributed by atoms with van der Waals surface area (Å²) in [6, 6.07) is 7.21. The standard InChI is InChI=1S/C12H14ClN3O2S/c1-9-5-4-6-10(7-9)16(3)19(17,18)12-11(13)15(2)8-14-12/h4-8H,1-3H3. The average molecular weight is 300 g/mol. The normalized spacial score (nSPS) is 11.6. The Labute approximate surface area is 117 Å². The van der Waals surface area contributed by atoms with Crippen molar-refractivity contribution in [3.8, 4) is 0 Å². The number of nitrogens with zero attached hydrogens (tertiary/aromatic N) is 3. The minimum atomic E-state index is -3.75. The third-order valence-corrected chi connectivity index (χ3v) is 5.08. The zero-order valence-corrected chi connectivity index (χ0v) is 12.4. The minimum absolute atomic E-state index is 0.0968. The van der Waals surface area contributed by atoms with Gasteiger partial charge in [-0.15, -0.1) is 0 Å². The summed E-state index contributed by atoms with van der Waals surface area (Å²) in [4.78, 5) is 3.86. The number of hydrogen-bond acceptors (Lipinski definition) is 3. The van der Waals surface area contributed by atoms with E-state index in [-0.39, 0.29) is 10.2 Å². The Morgan fingerprint density at radius 2 is 2.05 bits per heavy atom. The zero-order chi connectivity index (χ0) is 14.2. The first-order chi connectivity index (χ1) is 8.84. The lowest BCUT2D eigenvalue weighted by atomic mass is 10.2. The SMILES string of the molecule is Cc1cccc(N(C)S(=O)(=O)c2ncn(C)c2Cl)c1. The number of rotatable bonds is 3. The van der Waals surface area contributed by atoms with Crippen molar-refractivity contribution in [2.24, 2.45) is 7.05 Å². The van der Waals surface area contributed by atoms with Gasteiger partial charge in [-0.25, -0.2) is 4.98 Å². The fourth-order valence-electron chi connectivity index (χ4n) is 1.66. The molecule has 2 rings (SSSR count). The quantitative estimate of drug-likeness (QED) is 0.873. The second-order valence-corrected chi connectivity index (χ2v) is 6.51. The molecular formula is C12H14ClN3O2S. The van der Waals surface area contributed by atoms with E-state index in [1.54, 1.807) is 25.2 Å². The molecule has 0 saturated heterocycles. The Balaban J connectivity index is 2.48. The van der Waals surface area contributed by atoms with E-state index >= 15 is 0 Å². The number of benzene rings is 1. The molecule has 0 aliphatic rings. The molecule has 1 heterocycles. The summed E-state index contributed by atoms with van der Waals surface area (Å²) in [6.45, 7) is 1.90. The van der Waals surface area contributed by atoms with Gasteiger partial charge in [-0.2, -0.15) is 8.42 Å². The molecule has 0 spiro atoms. The highest BCUT2D eigenvalue weighted by molar-refractivity contribution is 7.92. The van der Waals surface area contributed by atoms with Gasteiger partial charge in [0.25, 0.3) is 10.0 Å². The van der Waals surface area contributed by atoms with Crippen LogP contribution in [0, 0.1) is 6.92 Å². The maximum atomic E-state index is 12.4. The fraction of sp³-hybridized carbons (Fsp3) is 0.250. The van der Waals surface area contributed by atoms with Crippen molar-refractivity contribution in [3.05, 3.63) is 41.3 Å². The van der Waals surface area contributed by atoms with Gasteiger partial charge in [0.15, 0.2) is 0 Å². The molecule has 0 atom stereocenters. The summed E-state index contributed by atoms with van der Waals surface area (Å²) < 4.78 is 27.5. The highest BCUT2D eigenvalue weighted by Gasteiger charge is 2.27. The molecule has 2 aromatic rings. The van der Waals surface area contributed by atoms with E-state index in [0.717, 1.165) is 5.56 Å². The van der Waals surface area contributed by atoms with Crippen LogP contribution in [0.15, 0.2) is 35.6 Å². The van der Waals surface area contributed by atoms with Gasteiger partial charge in [0.05, 0.1) is 12.0 Å². The van der Waals surface area contributed by atoms with Gasteiger partial charge < -0.3 is 4.57 Å². The highest BCUT2D eigenvalue weighted by Crippen LogP contribution is 2.26. The van der Waals surface area contributed by atoms with Gasteiger partial charge in [-0.05, 0) is 24.6 Å². The topological polar surface area (TPSA) is 55.2 Å². The summed E-state index contributed by atoms with van der Waals surface area (Å²) in [5.74, 6) is 0. The molecule has 0 amide bonds. The molecule has 1 aromatic carbocycles. The molecule has 0 bridgehead atoms. The smallest absolute Gasteiger partial charge is 0.284 e. The Kier molecular flexibility index (Phi) is 3.56. The van der Waals surface area contributed by atoms with Crippen LogP contribution in [-0.2, 0) is 17.1 Å². The highest BCUT2D eigenvalue weighted by atomic mass is 35.5. The number of halogens is 1. The molecule has 0 saturated carbocycles. The van der Waals surface area contributed by atoms with Crippen LogP contribution in [0.4, 0.5) is 5.69 Å². The zero-order valence-electron chi connectivity index (χ0n) is 10.8. The van der Waals surface area contributed by atoms with Crippen LogP contribution in [-0.4, -0.2) is 25.0 Å². The number of aromatic nitrogens is 2. The molecule has 0 unspecified atom stereocenters. The van der Waals surface area contributed by atoms with Crippen molar-refractivity contribution in [1.29, 1.82) is 0 Å². The number of hydrogen-bond donors (Lipinski definition) is 0. The molecule has 0 aliphatic carbocycles. The van der Waals surface area contributed by atoms with Crippen LogP contribution in [0.3, 0.4) is 0 Å². The molecule has 0 aliphatic heterocycles. The first-order valence-corrected chi connectivity index (χ1v) is 7.38. The minimum Gasteiger partial charge on any atom is -0.324 e. The van der Waals surface area contributed by atoms with Crippen LogP contribution >= 0.6 is 11.6 Å². The largest absolute Gasteiger partial charge is 0.324 e. The maximum absolute atomic E-state index is 12.4. The van der Waals surface area contributed by atoms with Crippen LogP contribution in [0.2, 0.25) is 5.15 Å². The van der Waals surface area contributed by atoms with Gasteiger partial charge in [-0.1, -0.05) is 23.7 Å². The second kappa shape index (κ2) is 4.86. The Morgan fingerprint density at radius 3 is 2.58 bits per heavy atom. The van der Waals surface area contributed by atoms with Crippen LogP contribution in [0.25, 0.3) is 0 Å². The van der Waals surface area contributed by atoms with Gasteiger partial charge in [0, 0.05) is 14.1 Å². The second-order valence-electron chi connectivity index (χ2n) is 4.26. The van der Waals surface area contributed by atoms with E-state index < -0.39 is 10.0 Å². The molecule has 7 heteroatoms. The lowest BCUT2D eigenvalue weighted by Crippen LogP contribution is -2.27. The van der Waals surface area contributed by atoms with E-state index in [4.69, 9.17) is 11.6 Å². The lowest BCUT2D eigenvalue weighted by Gasteiger charge is -2.18. The van der Waals surface area contributed by atoms with Crippen LogP contribution < -0.4 is 4.31 Å². The van der Waals surface area contributed by atoms with Crippen molar-refractivity contribution in [2.45, 2.75) is 11.9 Å². The molecular weight excluding hydrogens is 286 g/mol. The van der Waals surface area contributed by atoms with E-state index in [1.807, 2.05) is 13.0 Å². The first kappa shape index (κ1) is 13.9. The van der Waals surface area contributed by atoms with Gasteiger partial charge >= 0.3 is 0 Å². The maximum Gasteiger partial charge on any atom is 0.284 e. The third kappa shape index (κ3) is 2.46. The summed E-state index contributed by atoms with van der Waals surface area (Å²) in [6.07, 6.45) is 1.37. The van der Waals surface area contributed by atoms with Crippen molar-refractivity contribution in [1.82, 2.24) is 9.55 Å². The van der Waals surface area contributed by atoms with E-state index in [0.29, 0.717) is 5.69 Å².